The predicted molar refractivity (Wildman–Crippen MR) is 156 cm³/mol. The fourth-order valence-electron chi connectivity index (χ4n) is 4.15. The highest BCUT2D eigenvalue weighted by atomic mass is 32.2. The number of methoxy groups -OCH3 is 1. The summed E-state index contributed by atoms with van der Waals surface area (Å²) in [4.78, 5) is 48.3. The maximum Gasteiger partial charge on any atom is 0.340 e. The standard InChI is InChI=1S/C31H32N2O7S/c1-31(2,3)40-29(36)23-7-5-6-8-24(23)32-25(18-27(34)38-4)20-11-15-22(16-12-20)39-21-13-9-19(10-14-21)17-26-28(35)33-30(37)41-26/h5-16,25-26,32H,17-18H2,1-4H3,(H,33,35,37). The third-order valence-electron chi connectivity index (χ3n) is 6.10. The lowest BCUT2D eigenvalue weighted by atomic mass is 10.0. The third-order valence-corrected chi connectivity index (χ3v) is 7.09. The lowest BCUT2D eigenvalue weighted by molar-refractivity contribution is -0.140. The summed E-state index contributed by atoms with van der Waals surface area (Å²) in [6.07, 6.45) is 0.479. The Labute approximate surface area is 242 Å². The molecule has 9 nitrogen and oxygen atoms in total. The van der Waals surface area contributed by atoms with Crippen LogP contribution in [0, 0.1) is 0 Å². The maximum atomic E-state index is 12.8. The Kier molecular flexibility index (Phi) is 9.34. The van der Waals surface area contributed by atoms with Gasteiger partial charge in [-0.25, -0.2) is 4.79 Å². The first-order chi connectivity index (χ1) is 19.5. The number of anilines is 1. The monoisotopic (exact) mass is 576 g/mol. The van der Waals surface area contributed by atoms with Crippen molar-refractivity contribution < 1.29 is 33.4 Å². The van der Waals surface area contributed by atoms with Gasteiger partial charge in [-0.2, -0.15) is 0 Å². The molecule has 1 aliphatic heterocycles. The highest BCUT2D eigenvalue weighted by molar-refractivity contribution is 8.15. The molecule has 3 aromatic rings. The molecule has 0 bridgehead atoms. The molecule has 10 heteroatoms. The molecule has 0 spiro atoms. The van der Waals surface area contributed by atoms with Gasteiger partial charge >= 0.3 is 11.9 Å². The average molecular weight is 577 g/mol. The molecular formula is C31H32N2O7S. The number of imide groups is 1. The number of rotatable bonds is 10. The molecule has 0 aromatic heterocycles. The molecule has 2 N–H and O–H groups in total. The van der Waals surface area contributed by atoms with Gasteiger partial charge in [0.1, 0.15) is 17.1 Å². The molecular weight excluding hydrogens is 544 g/mol. The number of benzene rings is 3. The minimum atomic E-state index is -0.655. The Morgan fingerprint density at radius 2 is 1.59 bits per heavy atom. The largest absolute Gasteiger partial charge is 0.469 e. The van der Waals surface area contributed by atoms with Crippen molar-refractivity contribution in [2.24, 2.45) is 0 Å². The lowest BCUT2D eigenvalue weighted by Crippen LogP contribution is -2.25. The summed E-state index contributed by atoms with van der Waals surface area (Å²) < 4.78 is 16.5. The van der Waals surface area contributed by atoms with E-state index in [0.717, 1.165) is 22.9 Å². The van der Waals surface area contributed by atoms with Crippen molar-refractivity contribution in [3.8, 4) is 11.5 Å². The summed E-state index contributed by atoms with van der Waals surface area (Å²) in [6.45, 7) is 5.41. The number of thioether (sulfide) groups is 1. The van der Waals surface area contributed by atoms with Gasteiger partial charge in [0.15, 0.2) is 0 Å². The smallest absolute Gasteiger partial charge is 0.340 e. The van der Waals surface area contributed by atoms with E-state index in [-0.39, 0.29) is 17.6 Å². The zero-order chi connectivity index (χ0) is 29.6. The van der Waals surface area contributed by atoms with Crippen molar-refractivity contribution in [3.05, 3.63) is 89.5 Å². The molecule has 214 valence electrons. The van der Waals surface area contributed by atoms with Crippen LogP contribution in [-0.2, 0) is 25.5 Å². The molecule has 1 heterocycles. The second-order valence-corrected chi connectivity index (χ2v) is 11.6. The first-order valence-corrected chi connectivity index (χ1v) is 13.9. The van der Waals surface area contributed by atoms with E-state index in [1.165, 1.54) is 7.11 Å². The first kappa shape index (κ1) is 29.7. The van der Waals surface area contributed by atoms with Gasteiger partial charge in [-0.05, 0) is 74.7 Å². The van der Waals surface area contributed by atoms with Crippen molar-refractivity contribution >= 4 is 40.5 Å². The van der Waals surface area contributed by atoms with Gasteiger partial charge in [-0.15, -0.1) is 0 Å². The van der Waals surface area contributed by atoms with Crippen LogP contribution in [0.25, 0.3) is 0 Å². The SMILES string of the molecule is COC(=O)CC(Nc1ccccc1C(=O)OC(C)(C)C)c1ccc(Oc2ccc(CC3SC(=O)NC3=O)cc2)cc1. The summed E-state index contributed by atoms with van der Waals surface area (Å²) in [7, 11) is 1.33. The molecule has 2 unspecified atom stereocenters. The lowest BCUT2D eigenvalue weighted by Gasteiger charge is -2.23. The van der Waals surface area contributed by atoms with Gasteiger partial charge < -0.3 is 19.5 Å². The minimum Gasteiger partial charge on any atom is -0.469 e. The summed E-state index contributed by atoms with van der Waals surface area (Å²) in [5.41, 5.74) is 1.95. The number of nitrogens with one attached hydrogen (secondary N) is 2. The molecule has 4 rings (SSSR count). The fraction of sp³-hybridized carbons (Fsp3) is 0.290. The number of amides is 2. The van der Waals surface area contributed by atoms with Crippen LogP contribution in [0.1, 0.15) is 54.7 Å². The van der Waals surface area contributed by atoms with E-state index in [0.29, 0.717) is 29.2 Å². The first-order valence-electron chi connectivity index (χ1n) is 13.0. The summed E-state index contributed by atoms with van der Waals surface area (Å²) in [5.74, 6) is 0.0515. The quantitative estimate of drug-likeness (QED) is 0.278. The zero-order valence-corrected chi connectivity index (χ0v) is 24.1. The van der Waals surface area contributed by atoms with Crippen LogP contribution < -0.4 is 15.4 Å². The molecule has 2 amide bonds. The number of ether oxygens (including phenoxy) is 3. The zero-order valence-electron chi connectivity index (χ0n) is 23.3. The number of hydrogen-bond acceptors (Lipinski definition) is 9. The van der Waals surface area contributed by atoms with Gasteiger partial charge in [0.05, 0.1) is 30.4 Å². The van der Waals surface area contributed by atoms with Gasteiger partial charge in [-0.1, -0.05) is 48.2 Å². The van der Waals surface area contributed by atoms with Crippen LogP contribution in [0.4, 0.5) is 10.5 Å². The van der Waals surface area contributed by atoms with Crippen molar-refractivity contribution in [1.82, 2.24) is 5.32 Å². The minimum absolute atomic E-state index is 0.0315. The summed E-state index contributed by atoms with van der Waals surface area (Å²) in [6, 6.07) is 21.1. The molecule has 0 saturated carbocycles. The second-order valence-electron chi connectivity index (χ2n) is 10.4. The fourth-order valence-corrected chi connectivity index (χ4v) is 5.01. The van der Waals surface area contributed by atoms with E-state index < -0.39 is 28.8 Å². The van der Waals surface area contributed by atoms with E-state index in [1.807, 2.05) is 24.3 Å². The number of esters is 2. The van der Waals surface area contributed by atoms with Crippen molar-refractivity contribution in [1.29, 1.82) is 0 Å². The Bertz CT molecular complexity index is 1420. The van der Waals surface area contributed by atoms with Gasteiger partial charge in [0.2, 0.25) is 5.91 Å². The third kappa shape index (κ3) is 8.34. The van der Waals surface area contributed by atoms with Crippen molar-refractivity contribution in [3.63, 3.8) is 0 Å². The summed E-state index contributed by atoms with van der Waals surface area (Å²) in [5, 5.41) is 4.86. The number of para-hydroxylation sites is 1. The molecule has 1 aliphatic rings. The number of hydrogen-bond donors (Lipinski definition) is 2. The van der Waals surface area contributed by atoms with Crippen LogP contribution in [0.2, 0.25) is 0 Å². The second kappa shape index (κ2) is 12.9. The van der Waals surface area contributed by atoms with Gasteiger partial charge in [0.25, 0.3) is 5.24 Å². The van der Waals surface area contributed by atoms with Crippen LogP contribution in [-0.4, -0.2) is 41.0 Å². The number of carbonyl (C=O) groups is 4. The highest BCUT2D eigenvalue weighted by Gasteiger charge is 2.31. The average Bonchev–Trinajstić information content (AvgIpc) is 3.25. The van der Waals surface area contributed by atoms with E-state index in [4.69, 9.17) is 14.2 Å². The Morgan fingerprint density at radius 1 is 0.951 bits per heavy atom. The Hall–Kier alpha value is -4.31. The molecule has 1 fully saturated rings. The van der Waals surface area contributed by atoms with Crippen LogP contribution in [0.5, 0.6) is 11.5 Å². The summed E-state index contributed by atoms with van der Waals surface area (Å²) >= 11 is 1.00. The van der Waals surface area contributed by atoms with Crippen LogP contribution >= 0.6 is 11.8 Å². The topological polar surface area (TPSA) is 120 Å². The van der Waals surface area contributed by atoms with E-state index in [2.05, 4.69) is 10.6 Å². The Balaban J connectivity index is 1.46. The predicted octanol–water partition coefficient (Wildman–Crippen LogP) is 6.04. The maximum absolute atomic E-state index is 12.8. The molecule has 41 heavy (non-hydrogen) atoms. The van der Waals surface area contributed by atoms with E-state index >= 15 is 0 Å². The molecule has 0 radical (unpaired) electrons. The van der Waals surface area contributed by atoms with Crippen LogP contribution in [0.15, 0.2) is 72.8 Å². The normalized spacial score (nSPS) is 15.6. The highest BCUT2D eigenvalue weighted by Crippen LogP contribution is 2.30. The molecule has 3 aromatic carbocycles. The molecule has 1 saturated heterocycles. The number of carbonyl (C=O) groups excluding carboxylic acids is 4. The van der Waals surface area contributed by atoms with Crippen molar-refractivity contribution in [2.75, 3.05) is 12.4 Å². The molecule has 0 aliphatic carbocycles. The van der Waals surface area contributed by atoms with Gasteiger partial charge in [0, 0.05) is 5.69 Å². The van der Waals surface area contributed by atoms with Gasteiger partial charge in [-0.3, -0.25) is 19.7 Å². The Morgan fingerprint density at radius 3 is 2.17 bits per heavy atom. The van der Waals surface area contributed by atoms with E-state index in [1.54, 1.807) is 69.3 Å². The van der Waals surface area contributed by atoms with Crippen LogP contribution in [0.3, 0.4) is 0 Å². The van der Waals surface area contributed by atoms with E-state index in [9.17, 15) is 19.2 Å². The molecule has 2 atom stereocenters. The van der Waals surface area contributed by atoms with Crippen molar-refractivity contribution in [2.45, 2.75) is 50.5 Å².